The molecule has 0 bridgehead atoms. The van der Waals surface area contributed by atoms with E-state index in [2.05, 4.69) is 24.4 Å². The topological polar surface area (TPSA) is 12.0 Å². The van der Waals surface area contributed by atoms with Crippen molar-refractivity contribution in [3.8, 4) is 0 Å². The van der Waals surface area contributed by atoms with Crippen LogP contribution in [0.2, 0.25) is 0 Å². The number of benzene rings is 3. The van der Waals surface area contributed by atoms with Gasteiger partial charge in [-0.1, -0.05) is 72.3 Å². The quantitative estimate of drug-likeness (QED) is 0.649. The zero-order valence-electron chi connectivity index (χ0n) is 11.7. The molecular formula is C19H19N. The molecule has 0 heterocycles. The Morgan fingerprint density at radius 3 is 1.15 bits per heavy atom. The lowest BCUT2D eigenvalue weighted by atomic mass is 10.2. The molecule has 0 fully saturated rings. The molecule has 0 amide bonds. The molecule has 100 valence electrons. The van der Waals surface area contributed by atoms with E-state index >= 15 is 0 Å². The van der Waals surface area contributed by atoms with Crippen LogP contribution in [-0.2, 0) is 0 Å². The monoisotopic (exact) mass is 261 g/mol. The minimum atomic E-state index is 1.12. The van der Waals surface area contributed by atoms with Gasteiger partial charge in [0.25, 0.3) is 0 Å². The maximum atomic E-state index is 3.30. The predicted molar refractivity (Wildman–Crippen MR) is 87.3 cm³/mol. The minimum absolute atomic E-state index is 1.12. The molecule has 0 spiro atoms. The molecule has 1 heteroatoms. The highest BCUT2D eigenvalue weighted by atomic mass is 14.9. The van der Waals surface area contributed by atoms with Gasteiger partial charge in [0.2, 0.25) is 0 Å². The molecule has 3 rings (SSSR count). The van der Waals surface area contributed by atoms with Gasteiger partial charge >= 0.3 is 0 Å². The Morgan fingerprint density at radius 1 is 0.500 bits per heavy atom. The van der Waals surface area contributed by atoms with Crippen molar-refractivity contribution in [1.82, 2.24) is 0 Å². The average Bonchev–Trinajstić information content (AvgIpc) is 2.51. The summed E-state index contributed by atoms with van der Waals surface area (Å²) in [6.45, 7) is 2.08. The number of anilines is 2. The van der Waals surface area contributed by atoms with Crippen LogP contribution in [0.15, 0.2) is 91.0 Å². The second-order valence-electron chi connectivity index (χ2n) is 4.51. The van der Waals surface area contributed by atoms with Crippen LogP contribution < -0.4 is 5.32 Å². The fourth-order valence-corrected chi connectivity index (χ4v) is 1.74. The Hall–Kier alpha value is -2.54. The molecule has 0 unspecified atom stereocenters. The second kappa shape index (κ2) is 7.80. The molecule has 20 heavy (non-hydrogen) atoms. The molecule has 1 nitrogen and oxygen atoms in total. The molecule has 0 saturated carbocycles. The van der Waals surface area contributed by atoms with Crippen LogP contribution in [0.4, 0.5) is 11.4 Å². The lowest BCUT2D eigenvalue weighted by Gasteiger charge is -2.04. The van der Waals surface area contributed by atoms with E-state index in [-0.39, 0.29) is 0 Å². The number of aryl methyl sites for hydroxylation is 1. The number of nitrogens with one attached hydrogen (secondary N) is 1. The normalized spacial score (nSPS) is 9.25. The van der Waals surface area contributed by atoms with E-state index < -0.39 is 0 Å². The minimum Gasteiger partial charge on any atom is -0.356 e. The van der Waals surface area contributed by atoms with Crippen molar-refractivity contribution in [3.05, 3.63) is 96.6 Å². The summed E-state index contributed by atoms with van der Waals surface area (Å²) in [5.41, 5.74) is 3.56. The van der Waals surface area contributed by atoms with E-state index in [0.717, 1.165) is 11.4 Å². The highest BCUT2D eigenvalue weighted by Gasteiger charge is 1.89. The molecule has 0 atom stereocenters. The molecule has 3 aromatic rings. The van der Waals surface area contributed by atoms with Crippen molar-refractivity contribution >= 4 is 11.4 Å². The Morgan fingerprint density at radius 2 is 0.850 bits per heavy atom. The molecule has 0 saturated heterocycles. The molecule has 0 radical (unpaired) electrons. The molecular weight excluding hydrogens is 242 g/mol. The van der Waals surface area contributed by atoms with Crippen LogP contribution >= 0.6 is 0 Å². The summed E-state index contributed by atoms with van der Waals surface area (Å²) in [5, 5.41) is 3.30. The summed E-state index contributed by atoms with van der Waals surface area (Å²) in [6.07, 6.45) is 0. The largest absolute Gasteiger partial charge is 0.356 e. The van der Waals surface area contributed by atoms with Crippen LogP contribution in [0.25, 0.3) is 0 Å². The number of hydrogen-bond acceptors (Lipinski definition) is 1. The average molecular weight is 261 g/mol. The van der Waals surface area contributed by atoms with Crippen LogP contribution in [-0.4, -0.2) is 0 Å². The van der Waals surface area contributed by atoms with Crippen LogP contribution in [0.3, 0.4) is 0 Å². The molecule has 0 aliphatic carbocycles. The molecule has 1 N–H and O–H groups in total. The van der Waals surface area contributed by atoms with E-state index in [0.29, 0.717) is 0 Å². The van der Waals surface area contributed by atoms with E-state index in [1.54, 1.807) is 0 Å². The van der Waals surface area contributed by atoms with Crippen molar-refractivity contribution in [3.63, 3.8) is 0 Å². The van der Waals surface area contributed by atoms with Crippen molar-refractivity contribution in [1.29, 1.82) is 0 Å². The van der Waals surface area contributed by atoms with Gasteiger partial charge in [-0.2, -0.15) is 0 Å². The van der Waals surface area contributed by atoms with Gasteiger partial charge in [0.1, 0.15) is 0 Å². The SMILES string of the molecule is Cc1ccccc1.c1ccc(Nc2ccccc2)cc1. The smallest absolute Gasteiger partial charge is 0.0384 e. The summed E-state index contributed by atoms with van der Waals surface area (Å²) in [5.74, 6) is 0. The highest BCUT2D eigenvalue weighted by molar-refractivity contribution is 5.58. The van der Waals surface area contributed by atoms with E-state index in [1.165, 1.54) is 5.56 Å². The number of rotatable bonds is 2. The van der Waals surface area contributed by atoms with Crippen LogP contribution in [0, 0.1) is 6.92 Å². The lowest BCUT2D eigenvalue weighted by Crippen LogP contribution is -1.87. The third kappa shape index (κ3) is 4.99. The third-order valence-corrected chi connectivity index (χ3v) is 2.78. The Labute approximate surface area is 120 Å². The highest BCUT2D eigenvalue weighted by Crippen LogP contribution is 2.14. The van der Waals surface area contributed by atoms with Crippen molar-refractivity contribution < 1.29 is 0 Å². The van der Waals surface area contributed by atoms with Crippen LogP contribution in [0.5, 0.6) is 0 Å². The van der Waals surface area contributed by atoms with Gasteiger partial charge in [-0.25, -0.2) is 0 Å². The van der Waals surface area contributed by atoms with Gasteiger partial charge in [0.15, 0.2) is 0 Å². The van der Waals surface area contributed by atoms with Crippen molar-refractivity contribution in [2.24, 2.45) is 0 Å². The standard InChI is InChI=1S/C12H11N.C7H8/c1-3-7-11(8-4-1)13-12-9-5-2-6-10-12;1-7-5-3-2-4-6-7/h1-10,13H;2-6H,1H3. The fourth-order valence-electron chi connectivity index (χ4n) is 1.74. The van der Waals surface area contributed by atoms with E-state index in [9.17, 15) is 0 Å². The number of para-hydroxylation sites is 2. The first-order valence-electron chi connectivity index (χ1n) is 6.73. The summed E-state index contributed by atoms with van der Waals surface area (Å²) < 4.78 is 0. The molecule has 0 aliphatic rings. The Bertz CT molecular complexity index is 551. The fraction of sp³-hybridized carbons (Fsp3) is 0.0526. The summed E-state index contributed by atoms with van der Waals surface area (Å²) >= 11 is 0. The molecule has 0 aliphatic heterocycles. The Kier molecular flexibility index (Phi) is 5.41. The Balaban J connectivity index is 0.000000178. The predicted octanol–water partition coefficient (Wildman–Crippen LogP) is 5.43. The number of hydrogen-bond donors (Lipinski definition) is 1. The van der Waals surface area contributed by atoms with Crippen molar-refractivity contribution in [2.75, 3.05) is 5.32 Å². The first-order valence-corrected chi connectivity index (χ1v) is 6.73. The zero-order chi connectivity index (χ0) is 14.0. The summed E-state index contributed by atoms with van der Waals surface area (Å²) in [7, 11) is 0. The van der Waals surface area contributed by atoms with Gasteiger partial charge in [-0.15, -0.1) is 0 Å². The van der Waals surface area contributed by atoms with Crippen molar-refractivity contribution in [2.45, 2.75) is 6.92 Å². The summed E-state index contributed by atoms with van der Waals surface area (Å²) in [6, 6.07) is 30.6. The van der Waals surface area contributed by atoms with Gasteiger partial charge < -0.3 is 5.32 Å². The maximum absolute atomic E-state index is 3.30. The van der Waals surface area contributed by atoms with Crippen LogP contribution in [0.1, 0.15) is 5.56 Å². The van der Waals surface area contributed by atoms with Gasteiger partial charge in [0.05, 0.1) is 0 Å². The maximum Gasteiger partial charge on any atom is 0.0384 e. The second-order valence-corrected chi connectivity index (χ2v) is 4.51. The van der Waals surface area contributed by atoms with Gasteiger partial charge in [-0.3, -0.25) is 0 Å². The van der Waals surface area contributed by atoms with E-state index in [4.69, 9.17) is 0 Å². The zero-order valence-corrected chi connectivity index (χ0v) is 11.7. The first-order chi connectivity index (χ1) is 9.84. The van der Waals surface area contributed by atoms with Gasteiger partial charge in [-0.05, 0) is 31.2 Å². The molecule has 3 aromatic carbocycles. The first kappa shape index (κ1) is 13.9. The lowest BCUT2D eigenvalue weighted by molar-refractivity contribution is 1.48. The molecule has 0 aromatic heterocycles. The summed E-state index contributed by atoms with van der Waals surface area (Å²) in [4.78, 5) is 0. The van der Waals surface area contributed by atoms with E-state index in [1.807, 2.05) is 78.9 Å². The van der Waals surface area contributed by atoms with Gasteiger partial charge in [0, 0.05) is 11.4 Å². The third-order valence-electron chi connectivity index (χ3n) is 2.78.